The van der Waals surface area contributed by atoms with E-state index in [1.54, 1.807) is 12.1 Å². The third-order valence-corrected chi connectivity index (χ3v) is 3.63. The zero-order chi connectivity index (χ0) is 12.3. The molecule has 1 unspecified atom stereocenters. The minimum absolute atomic E-state index is 0.0208. The minimum Gasteiger partial charge on any atom is -0.434 e. The smallest absolute Gasteiger partial charge is 0.387 e. The van der Waals surface area contributed by atoms with E-state index in [0.29, 0.717) is 5.56 Å². The van der Waals surface area contributed by atoms with E-state index in [9.17, 15) is 13.6 Å². The summed E-state index contributed by atoms with van der Waals surface area (Å²) in [5, 5.41) is 0. The summed E-state index contributed by atoms with van der Waals surface area (Å²) in [6, 6.07) is 4.71. The van der Waals surface area contributed by atoms with Crippen LogP contribution in [0.3, 0.4) is 0 Å². The fourth-order valence-corrected chi connectivity index (χ4v) is 2.01. The van der Waals surface area contributed by atoms with Crippen LogP contribution in [0.5, 0.6) is 5.75 Å². The van der Waals surface area contributed by atoms with E-state index in [-0.39, 0.29) is 11.5 Å². The number of benzene rings is 1. The van der Waals surface area contributed by atoms with Crippen LogP contribution in [0.2, 0.25) is 0 Å². The van der Waals surface area contributed by atoms with Crippen molar-refractivity contribution in [1.82, 2.24) is 0 Å². The molecule has 0 N–H and O–H groups in total. The zero-order valence-corrected chi connectivity index (χ0v) is 12.0. The predicted octanol–water partition coefficient (Wildman–Crippen LogP) is 3.92. The molecule has 0 saturated heterocycles. The number of rotatable bonds is 4. The Labute approximate surface area is 114 Å². The Hall–Kier alpha value is -0.240. The van der Waals surface area contributed by atoms with Crippen LogP contribution in [0.4, 0.5) is 8.78 Å². The monoisotopic (exact) mass is 404 g/mol. The fraction of sp³-hybridized carbons (Fsp3) is 0.300. The maximum atomic E-state index is 12.1. The largest absolute Gasteiger partial charge is 0.434 e. The Morgan fingerprint density at radius 1 is 1.50 bits per heavy atom. The topological polar surface area (TPSA) is 26.3 Å². The van der Waals surface area contributed by atoms with E-state index >= 15 is 0 Å². The van der Waals surface area contributed by atoms with Crippen molar-refractivity contribution >= 4 is 44.3 Å². The first-order valence-corrected chi connectivity index (χ1v) is 6.30. The van der Waals surface area contributed by atoms with Gasteiger partial charge < -0.3 is 4.74 Å². The van der Waals surface area contributed by atoms with Crippen LogP contribution in [-0.2, 0) is 4.79 Å². The first-order chi connectivity index (χ1) is 7.41. The number of carbonyl (C=O) groups excluding carboxylic acids is 1. The molecule has 2 nitrogen and oxygen atoms in total. The summed E-state index contributed by atoms with van der Waals surface area (Å²) >= 11 is 5.18. The van der Waals surface area contributed by atoms with Crippen LogP contribution >= 0.6 is 38.5 Å². The number of ketones is 1. The van der Waals surface area contributed by atoms with E-state index < -0.39 is 11.4 Å². The number of ether oxygens (including phenoxy) is 1. The summed E-state index contributed by atoms with van der Waals surface area (Å²) in [6.07, 6.45) is 0. The molecule has 1 aromatic rings. The Morgan fingerprint density at radius 2 is 2.12 bits per heavy atom. The van der Waals surface area contributed by atoms with Crippen molar-refractivity contribution in [2.75, 3.05) is 0 Å². The Balaban J connectivity index is 3.12. The first kappa shape index (κ1) is 13.8. The average molecular weight is 405 g/mol. The highest BCUT2D eigenvalue weighted by Crippen LogP contribution is 2.33. The third-order valence-electron chi connectivity index (χ3n) is 1.82. The third kappa shape index (κ3) is 3.65. The first-order valence-electron chi connectivity index (χ1n) is 4.30. The van der Waals surface area contributed by atoms with Crippen molar-refractivity contribution in [2.24, 2.45) is 0 Å². The predicted molar refractivity (Wildman–Crippen MR) is 68.1 cm³/mol. The maximum absolute atomic E-state index is 12.1. The number of halogens is 4. The second-order valence-electron chi connectivity index (χ2n) is 3.03. The van der Waals surface area contributed by atoms with Gasteiger partial charge in [0.15, 0.2) is 0 Å². The van der Waals surface area contributed by atoms with Crippen molar-refractivity contribution in [3.05, 3.63) is 27.3 Å². The highest BCUT2D eigenvalue weighted by atomic mass is 127. The number of Topliss-reactive ketones (excluding diaryl/α,β-unsaturated/α-hetero) is 1. The van der Waals surface area contributed by atoms with Gasteiger partial charge in [-0.2, -0.15) is 8.78 Å². The Bertz CT molecular complexity index is 398. The summed E-state index contributed by atoms with van der Waals surface area (Å²) in [6.45, 7) is -1.52. The van der Waals surface area contributed by atoms with Gasteiger partial charge in [-0.3, -0.25) is 4.79 Å². The van der Waals surface area contributed by atoms with Crippen molar-refractivity contribution in [2.45, 2.75) is 18.4 Å². The molecule has 6 heteroatoms. The van der Waals surface area contributed by atoms with E-state index in [0.717, 1.165) is 3.57 Å². The molecule has 16 heavy (non-hydrogen) atoms. The van der Waals surface area contributed by atoms with Gasteiger partial charge in [-0.1, -0.05) is 15.9 Å². The van der Waals surface area contributed by atoms with E-state index in [1.807, 2.05) is 22.6 Å². The van der Waals surface area contributed by atoms with Gasteiger partial charge in [0.25, 0.3) is 0 Å². The Morgan fingerprint density at radius 3 is 2.62 bits per heavy atom. The zero-order valence-electron chi connectivity index (χ0n) is 8.22. The van der Waals surface area contributed by atoms with Crippen molar-refractivity contribution in [3.8, 4) is 5.75 Å². The quantitative estimate of drug-likeness (QED) is 0.561. The lowest BCUT2D eigenvalue weighted by molar-refractivity contribution is -0.116. The van der Waals surface area contributed by atoms with Crippen molar-refractivity contribution in [3.63, 3.8) is 0 Å². The number of carbonyl (C=O) groups is 1. The average Bonchev–Trinajstić information content (AvgIpc) is 2.18. The minimum atomic E-state index is -2.90. The molecule has 0 saturated carbocycles. The van der Waals surface area contributed by atoms with E-state index in [4.69, 9.17) is 0 Å². The molecule has 0 radical (unpaired) electrons. The maximum Gasteiger partial charge on any atom is 0.387 e. The molecular weight excluding hydrogens is 397 g/mol. The van der Waals surface area contributed by atoms with Gasteiger partial charge in [-0.15, -0.1) is 0 Å². The van der Waals surface area contributed by atoms with Crippen molar-refractivity contribution in [1.29, 1.82) is 0 Å². The molecule has 1 atom stereocenters. The summed E-state index contributed by atoms with van der Waals surface area (Å²) < 4.78 is 29.5. The molecule has 0 spiro atoms. The van der Waals surface area contributed by atoms with Gasteiger partial charge >= 0.3 is 6.61 Å². The molecule has 0 heterocycles. The standard InChI is InChI=1S/C10H8BrF2IO2/c1-5(15)9(11)7-4-6(14)2-3-8(7)16-10(12)13/h2-4,9-10H,1H3. The lowest BCUT2D eigenvalue weighted by Crippen LogP contribution is -2.08. The fourth-order valence-electron chi connectivity index (χ4n) is 1.14. The number of hydrogen-bond donors (Lipinski definition) is 0. The van der Waals surface area contributed by atoms with Gasteiger partial charge in [0.1, 0.15) is 16.4 Å². The molecular formula is C10H8BrF2IO2. The molecule has 0 aliphatic heterocycles. The number of alkyl halides is 3. The number of hydrogen-bond acceptors (Lipinski definition) is 2. The molecule has 0 aromatic heterocycles. The molecule has 1 rings (SSSR count). The molecule has 0 fully saturated rings. The van der Waals surface area contributed by atoms with Crippen LogP contribution in [0.1, 0.15) is 17.3 Å². The molecule has 88 valence electrons. The second-order valence-corrected chi connectivity index (χ2v) is 5.20. The summed E-state index contributed by atoms with van der Waals surface area (Å²) in [4.78, 5) is 10.6. The van der Waals surface area contributed by atoms with Crippen LogP contribution in [-0.4, -0.2) is 12.4 Å². The SMILES string of the molecule is CC(=O)C(Br)c1cc(I)ccc1OC(F)F. The van der Waals surface area contributed by atoms with Gasteiger partial charge in [0, 0.05) is 9.13 Å². The summed E-state index contributed by atoms with van der Waals surface area (Å²) in [5.41, 5.74) is 0.416. The lowest BCUT2D eigenvalue weighted by Gasteiger charge is -2.13. The van der Waals surface area contributed by atoms with Crippen LogP contribution in [0.25, 0.3) is 0 Å². The van der Waals surface area contributed by atoms with Gasteiger partial charge in [0.05, 0.1) is 0 Å². The molecule has 0 aliphatic rings. The molecule has 0 aliphatic carbocycles. The molecule has 1 aromatic carbocycles. The Kier molecular flexibility index (Phi) is 5.10. The van der Waals surface area contributed by atoms with Gasteiger partial charge in [0.2, 0.25) is 0 Å². The molecule has 0 bridgehead atoms. The van der Waals surface area contributed by atoms with Gasteiger partial charge in [-0.25, -0.2) is 0 Å². The van der Waals surface area contributed by atoms with Gasteiger partial charge in [-0.05, 0) is 47.7 Å². The highest BCUT2D eigenvalue weighted by Gasteiger charge is 2.19. The summed E-state index contributed by atoms with van der Waals surface area (Å²) in [5.74, 6) is -0.145. The normalized spacial score (nSPS) is 12.6. The van der Waals surface area contributed by atoms with Crippen LogP contribution < -0.4 is 4.74 Å². The van der Waals surface area contributed by atoms with Crippen LogP contribution in [0, 0.1) is 3.57 Å². The van der Waals surface area contributed by atoms with Crippen LogP contribution in [0.15, 0.2) is 18.2 Å². The summed E-state index contributed by atoms with van der Waals surface area (Å²) in [7, 11) is 0. The van der Waals surface area contributed by atoms with E-state index in [2.05, 4.69) is 20.7 Å². The van der Waals surface area contributed by atoms with Crippen molar-refractivity contribution < 1.29 is 18.3 Å². The second kappa shape index (κ2) is 5.90. The van der Waals surface area contributed by atoms with E-state index in [1.165, 1.54) is 13.0 Å². The molecule has 0 amide bonds. The lowest BCUT2D eigenvalue weighted by atomic mass is 10.1. The highest BCUT2D eigenvalue weighted by molar-refractivity contribution is 14.1.